The number of carbonyl (C=O) groups excluding carboxylic acids is 1. The first-order chi connectivity index (χ1) is 14.5. The van der Waals surface area contributed by atoms with Crippen molar-refractivity contribution in [1.29, 1.82) is 0 Å². The first kappa shape index (κ1) is 19.6. The molecular formula is C22H23FN2O4S. The van der Waals surface area contributed by atoms with Gasteiger partial charge < -0.3 is 9.63 Å². The molecule has 1 saturated carbocycles. The Labute approximate surface area is 177 Å². The molecule has 0 aliphatic heterocycles. The summed E-state index contributed by atoms with van der Waals surface area (Å²) < 4.78 is 19.6. The molecule has 0 aromatic carbocycles. The van der Waals surface area contributed by atoms with Crippen molar-refractivity contribution in [2.45, 2.75) is 76.3 Å². The second kappa shape index (κ2) is 7.72. The minimum absolute atomic E-state index is 0.0945. The number of carboxylic acids is 1. The van der Waals surface area contributed by atoms with Gasteiger partial charge in [-0.2, -0.15) is 4.98 Å². The fourth-order valence-electron chi connectivity index (χ4n) is 4.52. The van der Waals surface area contributed by atoms with E-state index in [4.69, 9.17) is 4.52 Å². The zero-order chi connectivity index (χ0) is 20.8. The predicted molar refractivity (Wildman–Crippen MR) is 108 cm³/mol. The Morgan fingerprint density at radius 1 is 1.13 bits per heavy atom. The molecule has 30 heavy (non-hydrogen) atoms. The molecular weight excluding hydrogens is 407 g/mol. The molecule has 3 aliphatic carbocycles. The lowest BCUT2D eigenvalue weighted by Crippen LogP contribution is -2.17. The number of nitrogens with zero attached hydrogens (tertiary/aromatic N) is 2. The number of alkyl halides is 1. The smallest absolute Gasteiger partial charge is 0.331 e. The van der Waals surface area contributed by atoms with Crippen molar-refractivity contribution >= 4 is 23.1 Å². The van der Waals surface area contributed by atoms with Crippen molar-refractivity contribution in [3.8, 4) is 11.5 Å². The van der Waals surface area contributed by atoms with Crippen LogP contribution < -0.4 is 0 Å². The Kier molecular flexibility index (Phi) is 5.05. The fraction of sp³-hybridized carbons (Fsp3) is 0.545. The third kappa shape index (κ3) is 3.62. The Hall–Kier alpha value is -2.35. The summed E-state index contributed by atoms with van der Waals surface area (Å²) in [5.74, 6) is 0.290. The number of thiophene rings is 1. The quantitative estimate of drug-likeness (QED) is 0.722. The van der Waals surface area contributed by atoms with E-state index in [0.717, 1.165) is 46.6 Å². The lowest BCUT2D eigenvalue weighted by atomic mass is 9.87. The standard InChI is InChI=1S/C22H23FN2O4S/c23-12-7-8-15-17(9-12)30-18(19(15)21-24-20(25-29-21)11-5-6-11)10-16(26)13-3-1-2-4-14(13)22(27)28/h11-12H,1-10H2,(H,27,28)/t12-/m1/s1. The Morgan fingerprint density at radius 2 is 1.90 bits per heavy atom. The first-order valence-corrected chi connectivity index (χ1v) is 11.4. The second-order valence-corrected chi connectivity index (χ2v) is 9.63. The molecule has 2 aromatic rings. The number of carbonyl (C=O) groups is 2. The van der Waals surface area contributed by atoms with Gasteiger partial charge in [0.25, 0.3) is 5.89 Å². The maximum atomic E-state index is 14.0. The van der Waals surface area contributed by atoms with Crippen LogP contribution in [0.25, 0.3) is 11.5 Å². The molecule has 0 saturated heterocycles. The SMILES string of the molecule is O=C(O)C1=C(C(=O)Cc2sc3c(c2-c2nc(C4CC4)no2)CC[C@@H](F)C3)CCCC1. The molecule has 1 fully saturated rings. The average Bonchev–Trinajstić information content (AvgIpc) is 3.36. The molecule has 1 atom stereocenters. The van der Waals surface area contributed by atoms with Crippen LogP contribution in [0.1, 0.15) is 72.0 Å². The van der Waals surface area contributed by atoms with Crippen molar-refractivity contribution in [1.82, 2.24) is 10.1 Å². The van der Waals surface area contributed by atoms with E-state index in [-0.39, 0.29) is 17.8 Å². The molecule has 158 valence electrons. The van der Waals surface area contributed by atoms with Crippen molar-refractivity contribution < 1.29 is 23.6 Å². The zero-order valence-corrected chi connectivity index (χ0v) is 17.4. The molecule has 2 aromatic heterocycles. The van der Waals surface area contributed by atoms with Crippen molar-refractivity contribution in [3.05, 3.63) is 32.3 Å². The summed E-state index contributed by atoms with van der Waals surface area (Å²) in [4.78, 5) is 31.0. The van der Waals surface area contributed by atoms with Gasteiger partial charge in [-0.25, -0.2) is 9.18 Å². The van der Waals surface area contributed by atoms with Gasteiger partial charge in [0.05, 0.1) is 5.56 Å². The summed E-state index contributed by atoms with van der Waals surface area (Å²) in [6.07, 6.45) is 5.25. The maximum absolute atomic E-state index is 14.0. The average molecular weight is 431 g/mol. The van der Waals surface area contributed by atoms with Crippen molar-refractivity contribution in [3.63, 3.8) is 0 Å². The van der Waals surface area contributed by atoms with E-state index in [2.05, 4.69) is 10.1 Å². The number of fused-ring (bicyclic) bond motifs is 1. The number of halogens is 1. The third-order valence-electron chi connectivity index (χ3n) is 6.26. The van der Waals surface area contributed by atoms with Crippen LogP contribution in [0.2, 0.25) is 0 Å². The van der Waals surface area contributed by atoms with Crippen LogP contribution >= 0.6 is 11.3 Å². The van der Waals surface area contributed by atoms with E-state index in [0.29, 0.717) is 55.3 Å². The highest BCUT2D eigenvalue weighted by Crippen LogP contribution is 2.44. The van der Waals surface area contributed by atoms with Crippen LogP contribution in [0.3, 0.4) is 0 Å². The van der Waals surface area contributed by atoms with Crippen LogP contribution in [0.15, 0.2) is 15.7 Å². The van der Waals surface area contributed by atoms with Gasteiger partial charge in [0.15, 0.2) is 11.6 Å². The second-order valence-electron chi connectivity index (χ2n) is 8.44. The monoisotopic (exact) mass is 430 g/mol. The minimum atomic E-state index is -1.00. The molecule has 0 amide bonds. The number of aliphatic carboxylic acids is 1. The minimum Gasteiger partial charge on any atom is -0.478 e. The van der Waals surface area contributed by atoms with E-state index in [1.807, 2.05) is 0 Å². The molecule has 0 unspecified atom stereocenters. The Balaban J connectivity index is 1.52. The number of hydrogen-bond donors (Lipinski definition) is 1. The van der Waals surface area contributed by atoms with Crippen LogP contribution in [0, 0.1) is 0 Å². The highest BCUT2D eigenvalue weighted by Gasteiger charge is 2.33. The van der Waals surface area contributed by atoms with E-state index < -0.39 is 12.1 Å². The highest BCUT2D eigenvalue weighted by atomic mass is 32.1. The fourth-order valence-corrected chi connectivity index (χ4v) is 5.93. The Bertz CT molecular complexity index is 1050. The third-order valence-corrected chi connectivity index (χ3v) is 7.51. The number of hydrogen-bond acceptors (Lipinski definition) is 6. The lowest BCUT2D eigenvalue weighted by Gasteiger charge is -2.16. The number of rotatable bonds is 6. The lowest BCUT2D eigenvalue weighted by molar-refractivity contribution is -0.133. The first-order valence-electron chi connectivity index (χ1n) is 10.6. The number of allylic oxidation sites excluding steroid dienone is 1. The van der Waals surface area contributed by atoms with Gasteiger partial charge in [-0.3, -0.25) is 4.79 Å². The Morgan fingerprint density at radius 3 is 2.63 bits per heavy atom. The van der Waals surface area contributed by atoms with Gasteiger partial charge in [0.2, 0.25) is 0 Å². The molecule has 8 heteroatoms. The summed E-state index contributed by atoms with van der Waals surface area (Å²) >= 11 is 1.44. The molecule has 1 N–H and O–H groups in total. The van der Waals surface area contributed by atoms with Gasteiger partial charge >= 0.3 is 5.97 Å². The molecule has 5 rings (SSSR count). The number of aromatic nitrogens is 2. The molecule has 0 spiro atoms. The van der Waals surface area contributed by atoms with E-state index in [1.54, 1.807) is 0 Å². The van der Waals surface area contributed by atoms with Crippen molar-refractivity contribution in [2.24, 2.45) is 0 Å². The van der Waals surface area contributed by atoms with Crippen LogP contribution in [-0.4, -0.2) is 33.2 Å². The molecule has 0 radical (unpaired) electrons. The van der Waals surface area contributed by atoms with Gasteiger partial charge in [-0.05, 0) is 56.9 Å². The van der Waals surface area contributed by atoms with E-state index >= 15 is 0 Å². The van der Waals surface area contributed by atoms with Crippen LogP contribution in [0.5, 0.6) is 0 Å². The molecule has 0 bridgehead atoms. The molecule has 6 nitrogen and oxygen atoms in total. The number of carboxylic acid groups (broad SMARTS) is 1. The summed E-state index contributed by atoms with van der Waals surface area (Å²) in [5.41, 5.74) is 2.46. The maximum Gasteiger partial charge on any atom is 0.331 e. The topological polar surface area (TPSA) is 93.3 Å². The van der Waals surface area contributed by atoms with Gasteiger partial charge in [0, 0.05) is 39.7 Å². The number of ketones is 1. The molecule has 2 heterocycles. The normalized spacial score (nSPS) is 21.6. The van der Waals surface area contributed by atoms with E-state index in [9.17, 15) is 19.1 Å². The summed E-state index contributed by atoms with van der Waals surface area (Å²) in [7, 11) is 0. The zero-order valence-electron chi connectivity index (χ0n) is 16.6. The van der Waals surface area contributed by atoms with Gasteiger partial charge in [0.1, 0.15) is 6.17 Å². The van der Waals surface area contributed by atoms with Gasteiger partial charge in [-0.15, -0.1) is 11.3 Å². The summed E-state index contributed by atoms with van der Waals surface area (Å²) in [5, 5.41) is 13.6. The summed E-state index contributed by atoms with van der Waals surface area (Å²) in [6.45, 7) is 0. The number of Topliss-reactive ketones (excluding diaryl/α,β-unsaturated/α-hetero) is 1. The van der Waals surface area contributed by atoms with Gasteiger partial charge in [-0.1, -0.05) is 5.16 Å². The largest absolute Gasteiger partial charge is 0.478 e. The van der Waals surface area contributed by atoms with E-state index in [1.165, 1.54) is 11.3 Å². The predicted octanol–water partition coefficient (Wildman–Crippen LogP) is 4.57. The van der Waals surface area contributed by atoms with Crippen LogP contribution in [0.4, 0.5) is 4.39 Å². The highest BCUT2D eigenvalue weighted by molar-refractivity contribution is 7.12. The van der Waals surface area contributed by atoms with Crippen LogP contribution in [-0.2, 0) is 28.9 Å². The van der Waals surface area contributed by atoms with Crippen molar-refractivity contribution in [2.75, 3.05) is 0 Å². The summed E-state index contributed by atoms with van der Waals surface area (Å²) in [6, 6.07) is 0. The molecule has 3 aliphatic rings.